The second-order valence-electron chi connectivity index (χ2n) is 5.13. The SMILES string of the molecule is CC(=O)COC(=O)c1ccc(Sc2ccc(C)cc2)c([N+](=O)[O-])c1. The number of ketones is 1. The Hall–Kier alpha value is -2.67. The number of nitro benzene ring substituents is 1. The summed E-state index contributed by atoms with van der Waals surface area (Å²) in [6.07, 6.45) is 0. The molecule has 0 aromatic heterocycles. The number of aryl methyl sites for hydroxylation is 1. The predicted octanol–water partition coefficient (Wildman–Crippen LogP) is 3.80. The normalized spacial score (nSPS) is 10.2. The Morgan fingerprint density at radius 1 is 1.17 bits per heavy atom. The van der Waals surface area contributed by atoms with Gasteiger partial charge in [0.2, 0.25) is 0 Å². The highest BCUT2D eigenvalue weighted by Gasteiger charge is 2.19. The molecule has 0 heterocycles. The molecule has 0 amide bonds. The molecule has 124 valence electrons. The zero-order chi connectivity index (χ0) is 17.7. The summed E-state index contributed by atoms with van der Waals surface area (Å²) in [5, 5.41) is 11.3. The largest absolute Gasteiger partial charge is 0.454 e. The van der Waals surface area contributed by atoms with Crippen LogP contribution in [0, 0.1) is 17.0 Å². The van der Waals surface area contributed by atoms with Crippen LogP contribution < -0.4 is 0 Å². The van der Waals surface area contributed by atoms with Crippen LogP contribution in [0.2, 0.25) is 0 Å². The van der Waals surface area contributed by atoms with Crippen LogP contribution in [0.15, 0.2) is 52.3 Å². The fraction of sp³-hybridized carbons (Fsp3) is 0.176. The zero-order valence-electron chi connectivity index (χ0n) is 13.1. The van der Waals surface area contributed by atoms with Crippen molar-refractivity contribution in [3.8, 4) is 0 Å². The van der Waals surface area contributed by atoms with E-state index in [0.29, 0.717) is 4.90 Å². The van der Waals surface area contributed by atoms with Crippen LogP contribution in [-0.4, -0.2) is 23.3 Å². The van der Waals surface area contributed by atoms with E-state index in [2.05, 4.69) is 0 Å². The molecule has 0 saturated carbocycles. The first-order valence-electron chi connectivity index (χ1n) is 7.06. The van der Waals surface area contributed by atoms with Gasteiger partial charge in [0.05, 0.1) is 15.4 Å². The summed E-state index contributed by atoms with van der Waals surface area (Å²) in [6, 6.07) is 11.7. The first-order valence-corrected chi connectivity index (χ1v) is 7.88. The number of carbonyl (C=O) groups is 2. The molecule has 0 aliphatic carbocycles. The number of hydrogen-bond acceptors (Lipinski definition) is 6. The van der Waals surface area contributed by atoms with E-state index < -0.39 is 10.9 Å². The standard InChI is InChI=1S/C17H15NO5S/c1-11-3-6-14(7-4-11)24-16-8-5-13(9-15(16)18(21)22)17(20)23-10-12(2)19/h3-9H,10H2,1-2H3. The van der Waals surface area contributed by atoms with Gasteiger partial charge in [-0.05, 0) is 38.1 Å². The second kappa shape index (κ2) is 7.74. The molecule has 0 saturated heterocycles. The number of benzene rings is 2. The quantitative estimate of drug-likeness (QED) is 0.450. The third-order valence-electron chi connectivity index (χ3n) is 3.05. The van der Waals surface area contributed by atoms with Crippen molar-refractivity contribution in [3.63, 3.8) is 0 Å². The van der Waals surface area contributed by atoms with E-state index in [0.717, 1.165) is 10.5 Å². The molecular weight excluding hydrogens is 330 g/mol. The van der Waals surface area contributed by atoms with Gasteiger partial charge in [-0.25, -0.2) is 4.79 Å². The third-order valence-corrected chi connectivity index (χ3v) is 4.12. The Bertz CT molecular complexity index is 786. The zero-order valence-corrected chi connectivity index (χ0v) is 14.0. The van der Waals surface area contributed by atoms with Crippen molar-refractivity contribution in [2.24, 2.45) is 0 Å². The average Bonchev–Trinajstić information content (AvgIpc) is 2.54. The lowest BCUT2D eigenvalue weighted by atomic mass is 10.2. The lowest BCUT2D eigenvalue weighted by Gasteiger charge is -2.06. The minimum Gasteiger partial charge on any atom is -0.454 e. The number of hydrogen-bond donors (Lipinski definition) is 0. The molecule has 2 aromatic rings. The van der Waals surface area contributed by atoms with E-state index in [9.17, 15) is 19.7 Å². The molecule has 6 nitrogen and oxygen atoms in total. The molecule has 24 heavy (non-hydrogen) atoms. The Labute approximate surface area is 143 Å². The molecule has 0 spiro atoms. The van der Waals surface area contributed by atoms with Crippen molar-refractivity contribution in [1.29, 1.82) is 0 Å². The van der Waals surface area contributed by atoms with Crippen LogP contribution in [-0.2, 0) is 9.53 Å². The Kier molecular flexibility index (Phi) is 5.70. The Morgan fingerprint density at radius 3 is 2.42 bits per heavy atom. The van der Waals surface area contributed by atoms with Gasteiger partial charge < -0.3 is 4.74 Å². The fourth-order valence-corrected chi connectivity index (χ4v) is 2.76. The maximum atomic E-state index is 11.8. The first kappa shape index (κ1) is 17.7. The first-order chi connectivity index (χ1) is 11.4. The lowest BCUT2D eigenvalue weighted by Crippen LogP contribution is -2.11. The summed E-state index contributed by atoms with van der Waals surface area (Å²) >= 11 is 1.24. The number of ether oxygens (including phenoxy) is 1. The molecule has 0 radical (unpaired) electrons. The summed E-state index contributed by atoms with van der Waals surface area (Å²) in [4.78, 5) is 34.7. The average molecular weight is 345 g/mol. The molecule has 0 aliphatic heterocycles. The summed E-state index contributed by atoms with van der Waals surface area (Å²) < 4.78 is 4.78. The van der Waals surface area contributed by atoms with Crippen LogP contribution in [0.3, 0.4) is 0 Å². The van der Waals surface area contributed by atoms with Gasteiger partial charge in [-0.2, -0.15) is 0 Å². The molecule has 0 fully saturated rings. The van der Waals surface area contributed by atoms with Crippen molar-refractivity contribution in [2.45, 2.75) is 23.6 Å². The number of nitro groups is 1. The van der Waals surface area contributed by atoms with Gasteiger partial charge in [-0.15, -0.1) is 0 Å². The summed E-state index contributed by atoms with van der Waals surface area (Å²) in [6.45, 7) is 2.89. The number of nitrogens with zero attached hydrogens (tertiary/aromatic N) is 1. The van der Waals surface area contributed by atoms with Gasteiger partial charge in [-0.3, -0.25) is 14.9 Å². The highest BCUT2D eigenvalue weighted by molar-refractivity contribution is 7.99. The maximum Gasteiger partial charge on any atom is 0.338 e. The molecule has 0 N–H and O–H groups in total. The van der Waals surface area contributed by atoms with Crippen molar-refractivity contribution in [2.75, 3.05) is 6.61 Å². The summed E-state index contributed by atoms with van der Waals surface area (Å²) in [5.41, 5.74) is 0.950. The van der Waals surface area contributed by atoms with Crippen LogP contribution in [0.25, 0.3) is 0 Å². The molecule has 0 unspecified atom stereocenters. The van der Waals surface area contributed by atoms with E-state index in [1.54, 1.807) is 0 Å². The van der Waals surface area contributed by atoms with Crippen molar-refractivity contribution in [3.05, 3.63) is 63.7 Å². The van der Waals surface area contributed by atoms with Gasteiger partial charge in [0.1, 0.15) is 6.61 Å². The van der Waals surface area contributed by atoms with Crippen LogP contribution in [0.5, 0.6) is 0 Å². The number of carbonyl (C=O) groups excluding carboxylic acids is 2. The van der Waals surface area contributed by atoms with Crippen LogP contribution in [0.1, 0.15) is 22.8 Å². The molecule has 0 bridgehead atoms. The van der Waals surface area contributed by atoms with E-state index in [1.807, 2.05) is 31.2 Å². The number of esters is 1. The van der Waals surface area contributed by atoms with Gasteiger partial charge in [0.15, 0.2) is 5.78 Å². The number of rotatable bonds is 6. The molecule has 0 aliphatic rings. The van der Waals surface area contributed by atoms with Gasteiger partial charge in [0, 0.05) is 11.0 Å². The highest BCUT2D eigenvalue weighted by Crippen LogP contribution is 2.35. The van der Waals surface area contributed by atoms with E-state index in [-0.39, 0.29) is 23.6 Å². The van der Waals surface area contributed by atoms with Crippen molar-refractivity contribution in [1.82, 2.24) is 0 Å². The predicted molar refractivity (Wildman–Crippen MR) is 89.4 cm³/mol. The molecule has 0 atom stereocenters. The fourth-order valence-electron chi connectivity index (χ4n) is 1.86. The van der Waals surface area contributed by atoms with Gasteiger partial charge >= 0.3 is 5.97 Å². The second-order valence-corrected chi connectivity index (χ2v) is 6.25. The monoisotopic (exact) mass is 345 g/mol. The maximum absolute atomic E-state index is 11.8. The van der Waals surface area contributed by atoms with E-state index in [4.69, 9.17) is 4.74 Å². The Balaban J connectivity index is 2.26. The highest BCUT2D eigenvalue weighted by atomic mass is 32.2. The third kappa shape index (κ3) is 4.66. The molecule has 2 aromatic carbocycles. The van der Waals surface area contributed by atoms with E-state index >= 15 is 0 Å². The van der Waals surface area contributed by atoms with Crippen LogP contribution >= 0.6 is 11.8 Å². The van der Waals surface area contributed by atoms with E-state index in [1.165, 1.54) is 36.9 Å². The summed E-state index contributed by atoms with van der Waals surface area (Å²) in [7, 11) is 0. The minimum absolute atomic E-state index is 0.0382. The lowest BCUT2D eigenvalue weighted by molar-refractivity contribution is -0.387. The van der Waals surface area contributed by atoms with Gasteiger partial charge in [0.25, 0.3) is 5.69 Å². The Morgan fingerprint density at radius 2 is 1.83 bits per heavy atom. The summed E-state index contributed by atoms with van der Waals surface area (Å²) in [5.74, 6) is -1.07. The van der Waals surface area contributed by atoms with Crippen molar-refractivity contribution >= 4 is 29.2 Å². The van der Waals surface area contributed by atoms with Gasteiger partial charge in [-0.1, -0.05) is 29.5 Å². The minimum atomic E-state index is -0.764. The molecule has 7 heteroatoms. The molecule has 2 rings (SSSR count). The smallest absolute Gasteiger partial charge is 0.338 e. The molecular formula is C17H15NO5S. The van der Waals surface area contributed by atoms with Crippen molar-refractivity contribution < 1.29 is 19.2 Å². The number of Topliss-reactive ketones (excluding diaryl/α,β-unsaturated/α-hetero) is 1. The topological polar surface area (TPSA) is 86.5 Å². The van der Waals surface area contributed by atoms with Crippen LogP contribution in [0.4, 0.5) is 5.69 Å².